The Hall–Kier alpha value is -0.420. The fourth-order valence-electron chi connectivity index (χ4n) is 2.08. The van der Waals surface area contributed by atoms with Crippen molar-refractivity contribution in [2.75, 3.05) is 18.1 Å². The molecule has 1 saturated carbocycles. The van der Waals surface area contributed by atoms with Gasteiger partial charge in [-0.15, -0.1) is 0 Å². The zero-order chi connectivity index (χ0) is 12.1. The lowest BCUT2D eigenvalue weighted by atomic mass is 10.1. The van der Waals surface area contributed by atoms with Gasteiger partial charge >= 0.3 is 0 Å². The quantitative estimate of drug-likeness (QED) is 0.684. The largest absolute Gasteiger partial charge is 0.353 e. The van der Waals surface area contributed by atoms with Crippen LogP contribution in [0.5, 0.6) is 0 Å². The highest BCUT2D eigenvalue weighted by molar-refractivity contribution is 7.85. The van der Waals surface area contributed by atoms with Gasteiger partial charge in [0.05, 0.1) is 0 Å². The maximum absolute atomic E-state index is 11.4. The molecule has 1 aliphatic carbocycles. The molecule has 1 aliphatic heterocycles. The number of carbonyl (C=O) groups excluding carboxylic acids is 1. The molecule has 0 spiro atoms. The maximum Gasteiger partial charge on any atom is 0.220 e. The molecule has 0 unspecified atom stereocenters. The summed E-state index contributed by atoms with van der Waals surface area (Å²) in [5.41, 5.74) is 0. The molecule has 0 bridgehead atoms. The molecule has 17 heavy (non-hydrogen) atoms. The third-order valence-corrected chi connectivity index (χ3v) is 4.73. The summed E-state index contributed by atoms with van der Waals surface area (Å²) in [6.07, 6.45) is 5.87. The molecule has 2 N–H and O–H groups in total. The van der Waals surface area contributed by atoms with E-state index in [1.807, 2.05) is 0 Å². The highest BCUT2D eigenvalue weighted by Gasteiger charge is 2.22. The van der Waals surface area contributed by atoms with E-state index in [0.717, 1.165) is 50.2 Å². The maximum atomic E-state index is 11.4. The Labute approximate surface area is 105 Å². The third kappa shape index (κ3) is 5.17. The van der Waals surface area contributed by atoms with E-state index in [2.05, 4.69) is 10.6 Å². The number of hydrogen-bond donors (Lipinski definition) is 2. The van der Waals surface area contributed by atoms with Crippen molar-refractivity contribution in [3.05, 3.63) is 0 Å². The van der Waals surface area contributed by atoms with Crippen LogP contribution in [-0.2, 0) is 15.6 Å². The van der Waals surface area contributed by atoms with E-state index in [9.17, 15) is 9.00 Å². The highest BCUT2D eigenvalue weighted by atomic mass is 32.2. The van der Waals surface area contributed by atoms with Gasteiger partial charge in [0.15, 0.2) is 0 Å². The summed E-state index contributed by atoms with van der Waals surface area (Å²) >= 11 is 0. The van der Waals surface area contributed by atoms with Crippen LogP contribution in [0.25, 0.3) is 0 Å². The predicted molar refractivity (Wildman–Crippen MR) is 69.3 cm³/mol. The molecule has 5 heteroatoms. The molecule has 1 saturated heterocycles. The average molecular weight is 258 g/mol. The van der Waals surface area contributed by atoms with Crippen LogP contribution in [0.3, 0.4) is 0 Å². The van der Waals surface area contributed by atoms with Gasteiger partial charge < -0.3 is 10.6 Å². The van der Waals surface area contributed by atoms with Crippen LogP contribution in [0.2, 0.25) is 0 Å². The fraction of sp³-hybridized carbons (Fsp3) is 0.917. The van der Waals surface area contributed by atoms with Crippen LogP contribution in [0, 0.1) is 0 Å². The van der Waals surface area contributed by atoms with Crippen molar-refractivity contribution >= 4 is 16.7 Å². The Bertz CT molecular complexity index is 282. The summed E-state index contributed by atoms with van der Waals surface area (Å²) in [6, 6.07) is 0.989. The second kappa shape index (κ2) is 6.50. The molecule has 1 amide bonds. The van der Waals surface area contributed by atoms with Gasteiger partial charge in [0.25, 0.3) is 0 Å². The van der Waals surface area contributed by atoms with Gasteiger partial charge in [0, 0.05) is 40.8 Å². The van der Waals surface area contributed by atoms with Crippen molar-refractivity contribution in [3.63, 3.8) is 0 Å². The zero-order valence-corrected chi connectivity index (χ0v) is 11.1. The molecule has 2 rings (SSSR count). The highest BCUT2D eigenvalue weighted by Crippen LogP contribution is 2.18. The van der Waals surface area contributed by atoms with E-state index in [1.165, 1.54) is 0 Å². The molecular formula is C12H22N2O2S. The second-order valence-corrected chi connectivity index (χ2v) is 6.72. The molecule has 98 valence electrons. The predicted octanol–water partition coefficient (Wildman–Crippen LogP) is 0.546. The summed E-state index contributed by atoms with van der Waals surface area (Å²) in [7, 11) is -0.579. The number of carbonyl (C=O) groups is 1. The molecule has 0 aromatic heterocycles. The molecule has 0 radical (unpaired) electrons. The Balaban J connectivity index is 1.47. The fourth-order valence-corrected chi connectivity index (χ4v) is 3.38. The van der Waals surface area contributed by atoms with E-state index in [0.29, 0.717) is 18.5 Å². The minimum Gasteiger partial charge on any atom is -0.353 e. The zero-order valence-electron chi connectivity index (χ0n) is 10.2. The lowest BCUT2D eigenvalue weighted by molar-refractivity contribution is -0.121. The van der Waals surface area contributed by atoms with Crippen molar-refractivity contribution in [1.29, 1.82) is 0 Å². The van der Waals surface area contributed by atoms with Gasteiger partial charge in [-0.3, -0.25) is 9.00 Å². The topological polar surface area (TPSA) is 58.2 Å². The first kappa shape index (κ1) is 13.0. The van der Waals surface area contributed by atoms with Gasteiger partial charge in [0.2, 0.25) is 5.91 Å². The lowest BCUT2D eigenvalue weighted by Crippen LogP contribution is -2.36. The van der Waals surface area contributed by atoms with Crippen molar-refractivity contribution in [2.24, 2.45) is 0 Å². The van der Waals surface area contributed by atoms with Gasteiger partial charge in [0.1, 0.15) is 0 Å². The first-order valence-electron chi connectivity index (χ1n) is 6.62. The third-order valence-electron chi connectivity index (χ3n) is 3.34. The molecule has 2 fully saturated rings. The monoisotopic (exact) mass is 258 g/mol. The molecule has 0 aromatic carbocycles. The SMILES string of the molecule is O=C(CCCNC1CCS(=O)CC1)NC1CC1. The van der Waals surface area contributed by atoms with Crippen molar-refractivity contribution < 1.29 is 9.00 Å². The summed E-state index contributed by atoms with van der Waals surface area (Å²) in [6.45, 7) is 0.898. The van der Waals surface area contributed by atoms with Crippen LogP contribution in [0.1, 0.15) is 38.5 Å². The molecule has 0 aromatic rings. The minimum absolute atomic E-state index is 0.194. The molecular weight excluding hydrogens is 236 g/mol. The van der Waals surface area contributed by atoms with Crippen LogP contribution >= 0.6 is 0 Å². The number of amides is 1. The number of hydrogen-bond acceptors (Lipinski definition) is 3. The number of nitrogens with one attached hydrogen (secondary N) is 2. The Morgan fingerprint density at radius 3 is 2.47 bits per heavy atom. The lowest BCUT2D eigenvalue weighted by Gasteiger charge is -2.22. The van der Waals surface area contributed by atoms with Crippen molar-refractivity contribution in [1.82, 2.24) is 10.6 Å². The average Bonchev–Trinajstić information content (AvgIpc) is 3.11. The molecule has 0 atom stereocenters. The Morgan fingerprint density at radius 1 is 1.12 bits per heavy atom. The Kier molecular flexibility index (Phi) is 4.98. The van der Waals surface area contributed by atoms with Gasteiger partial charge in [-0.1, -0.05) is 0 Å². The van der Waals surface area contributed by atoms with E-state index >= 15 is 0 Å². The number of rotatable bonds is 6. The first-order chi connectivity index (χ1) is 8.24. The van der Waals surface area contributed by atoms with Crippen molar-refractivity contribution in [2.45, 2.75) is 50.6 Å². The summed E-state index contributed by atoms with van der Waals surface area (Å²) < 4.78 is 11.2. The van der Waals surface area contributed by atoms with Crippen LogP contribution in [-0.4, -0.2) is 40.3 Å². The van der Waals surface area contributed by atoms with Crippen LogP contribution < -0.4 is 10.6 Å². The summed E-state index contributed by atoms with van der Waals surface area (Å²) in [5, 5.41) is 6.44. The van der Waals surface area contributed by atoms with Crippen molar-refractivity contribution in [3.8, 4) is 0 Å². The minimum atomic E-state index is -0.579. The van der Waals surface area contributed by atoms with Crippen LogP contribution in [0.4, 0.5) is 0 Å². The Morgan fingerprint density at radius 2 is 1.82 bits per heavy atom. The van der Waals surface area contributed by atoms with Gasteiger partial charge in [-0.25, -0.2) is 0 Å². The van der Waals surface area contributed by atoms with E-state index in [-0.39, 0.29) is 5.91 Å². The standard InChI is InChI=1S/C12H22N2O2S/c15-12(14-11-3-4-11)2-1-7-13-10-5-8-17(16)9-6-10/h10-11,13H,1-9H2,(H,14,15). The van der Waals surface area contributed by atoms with Gasteiger partial charge in [-0.2, -0.15) is 0 Å². The molecule has 2 aliphatic rings. The smallest absolute Gasteiger partial charge is 0.220 e. The molecule has 1 heterocycles. The first-order valence-corrected chi connectivity index (χ1v) is 8.10. The summed E-state index contributed by atoms with van der Waals surface area (Å²) in [5.74, 6) is 1.86. The van der Waals surface area contributed by atoms with Gasteiger partial charge in [-0.05, 0) is 38.6 Å². The van der Waals surface area contributed by atoms with E-state index in [1.54, 1.807) is 0 Å². The molecule has 4 nitrogen and oxygen atoms in total. The van der Waals surface area contributed by atoms with E-state index in [4.69, 9.17) is 0 Å². The van der Waals surface area contributed by atoms with E-state index < -0.39 is 10.8 Å². The normalized spacial score (nSPS) is 28.9. The van der Waals surface area contributed by atoms with Crippen LogP contribution in [0.15, 0.2) is 0 Å². The summed E-state index contributed by atoms with van der Waals surface area (Å²) in [4.78, 5) is 11.4. The second-order valence-electron chi connectivity index (χ2n) is 5.02.